The number of aromatic amines is 1. The summed E-state index contributed by atoms with van der Waals surface area (Å²) in [5.74, 6) is 1.02. The van der Waals surface area contributed by atoms with Gasteiger partial charge in [-0.15, -0.1) is 0 Å². The number of imidazole rings is 1. The Bertz CT molecular complexity index is 712. The second-order valence-corrected chi connectivity index (χ2v) is 7.83. The number of rotatable bonds is 4. The Balaban J connectivity index is 2.35. The average Bonchev–Trinajstić information content (AvgIpc) is 2.70. The van der Waals surface area contributed by atoms with Crippen molar-refractivity contribution < 1.29 is 8.42 Å². The molecule has 0 amide bonds. The maximum absolute atomic E-state index is 11.8. The molecule has 0 unspecified atom stereocenters. The minimum Gasteiger partial charge on any atom is -0.341 e. The average molecular weight is 295 g/mol. The van der Waals surface area contributed by atoms with Gasteiger partial charge in [0.25, 0.3) is 0 Å². The van der Waals surface area contributed by atoms with E-state index in [9.17, 15) is 8.42 Å². The highest BCUT2D eigenvalue weighted by Gasteiger charge is 2.18. The van der Waals surface area contributed by atoms with Gasteiger partial charge in [0.1, 0.15) is 5.82 Å². The lowest BCUT2D eigenvalue weighted by Crippen LogP contribution is -2.15. The zero-order chi connectivity index (χ0) is 15.0. The lowest BCUT2D eigenvalue weighted by molar-refractivity contribution is 0.554. The normalized spacial score (nSPS) is 12.8. The summed E-state index contributed by atoms with van der Waals surface area (Å²) in [7, 11) is -3.26. The smallest absolute Gasteiger partial charge is 0.232 e. The van der Waals surface area contributed by atoms with E-state index in [0.717, 1.165) is 16.9 Å². The summed E-state index contributed by atoms with van der Waals surface area (Å²) < 4.78 is 26.1. The second kappa shape index (κ2) is 5.09. The van der Waals surface area contributed by atoms with Crippen molar-refractivity contribution in [1.82, 2.24) is 9.97 Å². The molecule has 5 nitrogen and oxygen atoms in total. The van der Waals surface area contributed by atoms with E-state index in [-0.39, 0.29) is 11.2 Å². The summed E-state index contributed by atoms with van der Waals surface area (Å²) in [5.41, 5.74) is 2.18. The number of hydrogen-bond donors (Lipinski definition) is 2. The second-order valence-electron chi connectivity index (χ2n) is 5.99. The van der Waals surface area contributed by atoms with Crippen LogP contribution in [0.1, 0.15) is 39.9 Å². The molecular formula is C14H21N3O2S. The van der Waals surface area contributed by atoms with Gasteiger partial charge in [0.15, 0.2) is 0 Å². The van der Waals surface area contributed by atoms with Gasteiger partial charge < -0.3 is 4.98 Å². The van der Waals surface area contributed by atoms with Gasteiger partial charge in [-0.05, 0) is 24.6 Å². The maximum atomic E-state index is 11.8. The highest BCUT2D eigenvalue weighted by molar-refractivity contribution is 7.92. The molecule has 0 saturated carbocycles. The predicted octanol–water partition coefficient (Wildman–Crippen LogP) is 3.01. The SMILES string of the molecule is CCCS(=O)(=O)Nc1ccc2nc(C(C)(C)C)[nH]c2c1. The van der Waals surface area contributed by atoms with Crippen LogP contribution in [-0.2, 0) is 15.4 Å². The summed E-state index contributed by atoms with van der Waals surface area (Å²) in [4.78, 5) is 7.77. The van der Waals surface area contributed by atoms with E-state index in [2.05, 4.69) is 35.5 Å². The number of H-pyrrole nitrogens is 1. The molecule has 6 heteroatoms. The molecule has 1 heterocycles. The maximum Gasteiger partial charge on any atom is 0.232 e. The standard InChI is InChI=1S/C14H21N3O2S/c1-5-8-20(18,19)17-10-6-7-11-12(9-10)16-13(15-11)14(2,3)4/h6-7,9,17H,5,8H2,1-4H3,(H,15,16). The van der Waals surface area contributed by atoms with Crippen molar-refractivity contribution in [2.45, 2.75) is 39.5 Å². The lowest BCUT2D eigenvalue weighted by Gasteiger charge is -2.13. The highest BCUT2D eigenvalue weighted by atomic mass is 32.2. The zero-order valence-corrected chi connectivity index (χ0v) is 13.1. The first-order valence-corrected chi connectivity index (χ1v) is 8.37. The molecular weight excluding hydrogens is 274 g/mol. The van der Waals surface area contributed by atoms with Crippen molar-refractivity contribution in [3.05, 3.63) is 24.0 Å². The van der Waals surface area contributed by atoms with Gasteiger partial charge >= 0.3 is 0 Å². The Morgan fingerprint density at radius 3 is 2.60 bits per heavy atom. The van der Waals surface area contributed by atoms with E-state index in [1.54, 1.807) is 12.1 Å². The molecule has 2 aromatic rings. The molecule has 0 spiro atoms. The number of nitrogens with zero attached hydrogens (tertiary/aromatic N) is 1. The number of aromatic nitrogens is 2. The van der Waals surface area contributed by atoms with Crippen LogP contribution in [0.15, 0.2) is 18.2 Å². The molecule has 2 rings (SSSR count). The van der Waals surface area contributed by atoms with Crippen molar-refractivity contribution in [1.29, 1.82) is 0 Å². The third kappa shape index (κ3) is 3.30. The van der Waals surface area contributed by atoms with Gasteiger partial charge in [0.2, 0.25) is 10.0 Å². The summed E-state index contributed by atoms with van der Waals surface area (Å²) in [5, 5.41) is 0. The molecule has 0 aliphatic heterocycles. The van der Waals surface area contributed by atoms with Crippen molar-refractivity contribution >= 4 is 26.7 Å². The molecule has 0 atom stereocenters. The van der Waals surface area contributed by atoms with Gasteiger partial charge in [0.05, 0.1) is 22.5 Å². The van der Waals surface area contributed by atoms with E-state index in [0.29, 0.717) is 12.1 Å². The lowest BCUT2D eigenvalue weighted by atomic mass is 9.96. The Morgan fingerprint density at radius 1 is 1.30 bits per heavy atom. The summed E-state index contributed by atoms with van der Waals surface area (Å²) in [6, 6.07) is 5.35. The monoisotopic (exact) mass is 295 g/mol. The Hall–Kier alpha value is -1.56. The fraction of sp³-hybridized carbons (Fsp3) is 0.500. The largest absolute Gasteiger partial charge is 0.341 e. The Morgan fingerprint density at radius 2 is 2.00 bits per heavy atom. The van der Waals surface area contributed by atoms with E-state index in [1.165, 1.54) is 0 Å². The van der Waals surface area contributed by atoms with E-state index in [1.807, 2.05) is 13.0 Å². The fourth-order valence-corrected chi connectivity index (χ4v) is 3.05. The summed E-state index contributed by atoms with van der Waals surface area (Å²) in [6.45, 7) is 8.08. The highest BCUT2D eigenvalue weighted by Crippen LogP contribution is 2.24. The first-order chi connectivity index (χ1) is 9.21. The van der Waals surface area contributed by atoms with E-state index < -0.39 is 10.0 Å². The van der Waals surface area contributed by atoms with Crippen LogP contribution in [0.25, 0.3) is 11.0 Å². The quantitative estimate of drug-likeness (QED) is 0.910. The van der Waals surface area contributed by atoms with Crippen LogP contribution in [-0.4, -0.2) is 24.1 Å². The zero-order valence-electron chi connectivity index (χ0n) is 12.3. The minimum absolute atomic E-state index is 0.0686. The van der Waals surface area contributed by atoms with Crippen molar-refractivity contribution in [3.8, 4) is 0 Å². The first kappa shape index (κ1) is 14.8. The Labute approximate surface area is 119 Å². The van der Waals surface area contributed by atoms with Gasteiger partial charge in [0, 0.05) is 5.41 Å². The molecule has 20 heavy (non-hydrogen) atoms. The number of anilines is 1. The van der Waals surface area contributed by atoms with Gasteiger partial charge in [-0.1, -0.05) is 27.7 Å². The van der Waals surface area contributed by atoms with Gasteiger partial charge in [-0.25, -0.2) is 13.4 Å². The van der Waals surface area contributed by atoms with Gasteiger partial charge in [-0.2, -0.15) is 0 Å². The van der Waals surface area contributed by atoms with Crippen LogP contribution in [0.2, 0.25) is 0 Å². The predicted molar refractivity (Wildman–Crippen MR) is 82.5 cm³/mol. The van der Waals surface area contributed by atoms with Crippen LogP contribution in [0.5, 0.6) is 0 Å². The molecule has 0 aliphatic carbocycles. The van der Waals surface area contributed by atoms with Gasteiger partial charge in [-0.3, -0.25) is 4.72 Å². The third-order valence-electron chi connectivity index (χ3n) is 2.94. The van der Waals surface area contributed by atoms with Crippen LogP contribution in [0.4, 0.5) is 5.69 Å². The third-order valence-corrected chi connectivity index (χ3v) is 4.43. The molecule has 0 radical (unpaired) electrons. The van der Waals surface area contributed by atoms with Crippen LogP contribution in [0.3, 0.4) is 0 Å². The number of nitrogens with one attached hydrogen (secondary N) is 2. The molecule has 0 fully saturated rings. The summed E-state index contributed by atoms with van der Waals surface area (Å²) >= 11 is 0. The van der Waals surface area contributed by atoms with Crippen LogP contribution < -0.4 is 4.72 Å². The number of hydrogen-bond acceptors (Lipinski definition) is 3. The first-order valence-electron chi connectivity index (χ1n) is 6.72. The molecule has 0 bridgehead atoms. The molecule has 110 valence electrons. The van der Waals surface area contributed by atoms with Crippen molar-refractivity contribution in [2.75, 3.05) is 10.5 Å². The fourth-order valence-electron chi connectivity index (χ4n) is 1.93. The van der Waals surface area contributed by atoms with E-state index in [4.69, 9.17) is 0 Å². The molecule has 1 aromatic heterocycles. The van der Waals surface area contributed by atoms with Crippen molar-refractivity contribution in [3.63, 3.8) is 0 Å². The topological polar surface area (TPSA) is 74.8 Å². The number of sulfonamides is 1. The number of benzene rings is 1. The van der Waals surface area contributed by atoms with Crippen LogP contribution in [0, 0.1) is 0 Å². The summed E-state index contributed by atoms with van der Waals surface area (Å²) in [6.07, 6.45) is 0.593. The van der Waals surface area contributed by atoms with Crippen molar-refractivity contribution in [2.24, 2.45) is 0 Å². The number of fused-ring (bicyclic) bond motifs is 1. The Kier molecular flexibility index (Phi) is 3.77. The van der Waals surface area contributed by atoms with E-state index >= 15 is 0 Å². The molecule has 1 aromatic carbocycles. The molecule has 0 aliphatic rings. The van der Waals surface area contributed by atoms with Crippen LogP contribution >= 0.6 is 0 Å². The molecule has 2 N–H and O–H groups in total. The minimum atomic E-state index is -3.26. The molecule has 0 saturated heterocycles.